The van der Waals surface area contributed by atoms with Gasteiger partial charge < -0.3 is 10.1 Å². The standard InChI is InChI=1S/C13H13FN2O3/c1-12(2)6-13(10(17)15-11(18)16-13)8-5-7(14)3-4-9(8)19-12/h3-5H,6H2,1-2H3,(H2,15,16,17,18). The molecule has 0 saturated carbocycles. The number of rotatable bonds is 0. The van der Waals surface area contributed by atoms with Crippen molar-refractivity contribution in [1.29, 1.82) is 0 Å². The summed E-state index contributed by atoms with van der Waals surface area (Å²) in [7, 11) is 0. The van der Waals surface area contributed by atoms with Crippen LogP contribution in [0.2, 0.25) is 0 Å². The predicted molar refractivity (Wildman–Crippen MR) is 64.1 cm³/mol. The van der Waals surface area contributed by atoms with Crippen LogP contribution >= 0.6 is 0 Å². The highest BCUT2D eigenvalue weighted by Gasteiger charge is 2.55. The Bertz CT molecular complexity index is 600. The van der Waals surface area contributed by atoms with E-state index in [2.05, 4.69) is 10.6 Å². The Labute approximate surface area is 109 Å². The van der Waals surface area contributed by atoms with Gasteiger partial charge in [-0.3, -0.25) is 10.1 Å². The fraction of sp³-hybridized carbons (Fsp3) is 0.385. The lowest BCUT2D eigenvalue weighted by Gasteiger charge is -2.42. The molecule has 1 atom stereocenters. The summed E-state index contributed by atoms with van der Waals surface area (Å²) in [4.78, 5) is 23.6. The first-order chi connectivity index (χ1) is 8.82. The molecule has 0 radical (unpaired) electrons. The highest BCUT2D eigenvalue weighted by Crippen LogP contribution is 2.45. The van der Waals surface area contributed by atoms with Gasteiger partial charge in [0.05, 0.1) is 0 Å². The molecule has 1 spiro atoms. The molecule has 3 amide bonds. The second-order valence-corrected chi connectivity index (χ2v) is 5.49. The number of fused-ring (bicyclic) bond motifs is 2. The Kier molecular flexibility index (Phi) is 2.18. The van der Waals surface area contributed by atoms with Gasteiger partial charge in [0, 0.05) is 12.0 Å². The monoisotopic (exact) mass is 264 g/mol. The van der Waals surface area contributed by atoms with E-state index in [4.69, 9.17) is 4.74 Å². The molecule has 100 valence electrons. The number of imide groups is 1. The van der Waals surface area contributed by atoms with Crippen LogP contribution in [0.4, 0.5) is 9.18 Å². The second kappa shape index (κ2) is 3.46. The summed E-state index contributed by atoms with van der Waals surface area (Å²) in [6.45, 7) is 3.64. The van der Waals surface area contributed by atoms with Crippen molar-refractivity contribution in [3.63, 3.8) is 0 Å². The van der Waals surface area contributed by atoms with Crippen molar-refractivity contribution in [2.75, 3.05) is 0 Å². The number of ether oxygens (including phenoxy) is 1. The number of amides is 3. The lowest BCUT2D eigenvalue weighted by molar-refractivity contribution is -0.127. The average molecular weight is 264 g/mol. The van der Waals surface area contributed by atoms with Gasteiger partial charge in [-0.2, -0.15) is 0 Å². The summed E-state index contributed by atoms with van der Waals surface area (Å²) in [5.41, 5.74) is -1.54. The third-order valence-electron chi connectivity index (χ3n) is 3.42. The molecule has 1 saturated heterocycles. The third kappa shape index (κ3) is 1.67. The first-order valence-electron chi connectivity index (χ1n) is 5.95. The second-order valence-electron chi connectivity index (χ2n) is 5.49. The van der Waals surface area contributed by atoms with Crippen LogP contribution in [0, 0.1) is 5.82 Å². The molecule has 0 aromatic heterocycles. The molecule has 2 aliphatic heterocycles. The number of carbonyl (C=O) groups is 2. The van der Waals surface area contributed by atoms with Crippen LogP contribution < -0.4 is 15.4 Å². The van der Waals surface area contributed by atoms with Gasteiger partial charge in [0.2, 0.25) is 0 Å². The molecule has 0 bridgehead atoms. The van der Waals surface area contributed by atoms with Crippen molar-refractivity contribution in [3.8, 4) is 5.75 Å². The Balaban J connectivity index is 2.23. The zero-order valence-electron chi connectivity index (χ0n) is 10.5. The molecule has 6 heteroatoms. The van der Waals surface area contributed by atoms with Crippen molar-refractivity contribution < 1.29 is 18.7 Å². The molecule has 1 unspecified atom stereocenters. The number of hydrogen-bond donors (Lipinski definition) is 2. The molecule has 5 nitrogen and oxygen atoms in total. The van der Waals surface area contributed by atoms with Crippen LogP contribution in [-0.2, 0) is 10.3 Å². The number of benzene rings is 1. The number of carbonyl (C=O) groups excluding carboxylic acids is 2. The molecular formula is C13H13FN2O3. The molecule has 19 heavy (non-hydrogen) atoms. The van der Waals surface area contributed by atoms with Crippen LogP contribution in [0.1, 0.15) is 25.8 Å². The van der Waals surface area contributed by atoms with Crippen LogP contribution in [0.15, 0.2) is 18.2 Å². The van der Waals surface area contributed by atoms with Crippen molar-refractivity contribution in [2.45, 2.75) is 31.4 Å². The molecule has 0 aliphatic carbocycles. The van der Waals surface area contributed by atoms with E-state index in [1.54, 1.807) is 0 Å². The van der Waals surface area contributed by atoms with E-state index >= 15 is 0 Å². The maximum absolute atomic E-state index is 13.4. The van der Waals surface area contributed by atoms with Crippen molar-refractivity contribution in [2.24, 2.45) is 0 Å². The molecule has 2 heterocycles. The minimum atomic E-state index is -1.25. The summed E-state index contributed by atoms with van der Waals surface area (Å²) >= 11 is 0. The van der Waals surface area contributed by atoms with E-state index < -0.39 is 28.9 Å². The van der Waals surface area contributed by atoms with E-state index in [1.807, 2.05) is 13.8 Å². The lowest BCUT2D eigenvalue weighted by atomic mass is 9.77. The fourth-order valence-electron chi connectivity index (χ4n) is 2.80. The maximum Gasteiger partial charge on any atom is 0.322 e. The van der Waals surface area contributed by atoms with Crippen LogP contribution in [0.5, 0.6) is 5.75 Å². The summed E-state index contributed by atoms with van der Waals surface area (Å²) < 4.78 is 19.2. The first kappa shape index (κ1) is 12.0. The predicted octanol–water partition coefficient (Wildman–Crippen LogP) is 1.42. The van der Waals surface area contributed by atoms with Gasteiger partial charge >= 0.3 is 6.03 Å². The minimum absolute atomic E-state index is 0.244. The lowest BCUT2D eigenvalue weighted by Crippen LogP contribution is -2.53. The highest BCUT2D eigenvalue weighted by atomic mass is 19.1. The van der Waals surface area contributed by atoms with Gasteiger partial charge in [-0.05, 0) is 32.0 Å². The zero-order valence-corrected chi connectivity index (χ0v) is 10.5. The topological polar surface area (TPSA) is 67.4 Å². The van der Waals surface area contributed by atoms with E-state index in [0.29, 0.717) is 11.3 Å². The van der Waals surface area contributed by atoms with E-state index in [9.17, 15) is 14.0 Å². The van der Waals surface area contributed by atoms with Gasteiger partial charge in [-0.15, -0.1) is 0 Å². The average Bonchev–Trinajstić information content (AvgIpc) is 2.54. The summed E-state index contributed by atoms with van der Waals surface area (Å²) in [6.07, 6.45) is 0.244. The third-order valence-corrected chi connectivity index (χ3v) is 3.42. The van der Waals surface area contributed by atoms with Gasteiger partial charge in [-0.1, -0.05) is 0 Å². The SMILES string of the molecule is CC1(C)CC2(NC(=O)NC2=O)c2cc(F)ccc2O1. The van der Waals surface area contributed by atoms with Crippen molar-refractivity contribution in [3.05, 3.63) is 29.6 Å². The normalized spacial score (nSPS) is 27.5. The Morgan fingerprint density at radius 1 is 1.32 bits per heavy atom. The number of halogens is 1. The Morgan fingerprint density at radius 3 is 2.68 bits per heavy atom. The van der Waals surface area contributed by atoms with Gasteiger partial charge in [0.25, 0.3) is 5.91 Å². The fourth-order valence-corrected chi connectivity index (χ4v) is 2.80. The molecular weight excluding hydrogens is 251 g/mol. The van der Waals surface area contributed by atoms with Gasteiger partial charge in [0.1, 0.15) is 17.2 Å². The molecule has 1 aromatic carbocycles. The molecule has 2 aliphatic rings. The number of hydrogen-bond acceptors (Lipinski definition) is 3. The summed E-state index contributed by atoms with van der Waals surface area (Å²) in [5, 5.41) is 4.82. The van der Waals surface area contributed by atoms with E-state index in [0.717, 1.165) is 0 Å². The van der Waals surface area contributed by atoms with Crippen LogP contribution in [0.25, 0.3) is 0 Å². The number of nitrogens with one attached hydrogen (secondary N) is 2. The summed E-state index contributed by atoms with van der Waals surface area (Å²) in [5.74, 6) is -0.536. The first-order valence-corrected chi connectivity index (χ1v) is 5.95. The highest BCUT2D eigenvalue weighted by molar-refractivity contribution is 6.08. The zero-order chi connectivity index (χ0) is 13.8. The smallest absolute Gasteiger partial charge is 0.322 e. The number of urea groups is 1. The van der Waals surface area contributed by atoms with Gasteiger partial charge in [0.15, 0.2) is 5.54 Å². The molecule has 1 fully saturated rings. The van der Waals surface area contributed by atoms with Crippen molar-refractivity contribution in [1.82, 2.24) is 10.6 Å². The maximum atomic E-state index is 13.4. The van der Waals surface area contributed by atoms with Gasteiger partial charge in [-0.25, -0.2) is 9.18 Å². The van der Waals surface area contributed by atoms with E-state index in [-0.39, 0.29) is 6.42 Å². The van der Waals surface area contributed by atoms with Crippen LogP contribution in [-0.4, -0.2) is 17.5 Å². The Hall–Kier alpha value is -2.11. The quantitative estimate of drug-likeness (QED) is 0.696. The summed E-state index contributed by atoms with van der Waals surface area (Å²) in [6, 6.07) is 3.40. The minimum Gasteiger partial charge on any atom is -0.487 e. The Morgan fingerprint density at radius 2 is 2.05 bits per heavy atom. The van der Waals surface area contributed by atoms with E-state index in [1.165, 1.54) is 18.2 Å². The van der Waals surface area contributed by atoms with Crippen LogP contribution in [0.3, 0.4) is 0 Å². The largest absolute Gasteiger partial charge is 0.487 e. The molecule has 3 rings (SSSR count). The molecule has 2 N–H and O–H groups in total. The molecule has 1 aromatic rings. The van der Waals surface area contributed by atoms with Crippen molar-refractivity contribution >= 4 is 11.9 Å².